The fourth-order valence-electron chi connectivity index (χ4n) is 2.24. The number of benzene rings is 1. The van der Waals surface area contributed by atoms with E-state index >= 15 is 0 Å². The lowest BCUT2D eigenvalue weighted by molar-refractivity contribution is -0.146. The molecule has 0 saturated carbocycles. The van der Waals surface area contributed by atoms with Gasteiger partial charge in [-0.05, 0) is 12.5 Å². The van der Waals surface area contributed by atoms with Crippen molar-refractivity contribution in [1.82, 2.24) is 14.9 Å². The zero-order valence-electron chi connectivity index (χ0n) is 12.6. The molecule has 1 heterocycles. The van der Waals surface area contributed by atoms with Crippen molar-refractivity contribution in [2.75, 3.05) is 7.11 Å². The molecular weight excluding hydrogens is 282 g/mol. The van der Waals surface area contributed by atoms with Gasteiger partial charge >= 0.3 is 5.97 Å². The Balaban J connectivity index is 2.14. The van der Waals surface area contributed by atoms with Crippen LogP contribution < -0.4 is 5.32 Å². The molecule has 0 saturated heterocycles. The second-order valence-corrected chi connectivity index (χ2v) is 5.00. The number of hydrogen-bond acceptors (Lipinski definition) is 4. The quantitative estimate of drug-likeness (QED) is 0.822. The first-order valence-corrected chi connectivity index (χ1v) is 6.99. The van der Waals surface area contributed by atoms with Crippen molar-refractivity contribution in [2.45, 2.75) is 19.5 Å². The van der Waals surface area contributed by atoms with E-state index in [-0.39, 0.29) is 18.4 Å². The van der Waals surface area contributed by atoms with Crippen molar-refractivity contribution in [3.05, 3.63) is 54.6 Å². The standard InChI is InChI=1S/C16H19N3O3/c1-12(16(21)22-2)15(13-6-4-3-5-7-13)18-14(20)10-19-9-8-17-11-19/h3-9,11-12,15H,10H2,1-2H3,(H,18,20)/t12-,15+/m1/s1. The lowest BCUT2D eigenvalue weighted by Crippen LogP contribution is -2.37. The number of carbonyl (C=O) groups excluding carboxylic acids is 2. The van der Waals surface area contributed by atoms with Gasteiger partial charge in [-0.25, -0.2) is 4.98 Å². The SMILES string of the molecule is COC(=O)[C@H](C)[C@H](NC(=O)Cn1ccnc1)c1ccccc1. The monoisotopic (exact) mass is 301 g/mol. The van der Waals surface area contributed by atoms with E-state index in [1.165, 1.54) is 7.11 Å². The zero-order valence-corrected chi connectivity index (χ0v) is 12.6. The van der Waals surface area contributed by atoms with E-state index in [0.717, 1.165) is 5.56 Å². The Bertz CT molecular complexity index is 611. The van der Waals surface area contributed by atoms with Gasteiger partial charge in [-0.2, -0.15) is 0 Å². The second-order valence-electron chi connectivity index (χ2n) is 5.00. The molecule has 0 aliphatic rings. The highest BCUT2D eigenvalue weighted by Gasteiger charge is 2.27. The third-order valence-electron chi connectivity index (χ3n) is 3.43. The van der Waals surface area contributed by atoms with Gasteiger partial charge in [0.2, 0.25) is 5.91 Å². The molecule has 0 unspecified atom stereocenters. The summed E-state index contributed by atoms with van der Waals surface area (Å²) in [4.78, 5) is 27.9. The minimum atomic E-state index is -0.487. The molecular formula is C16H19N3O3. The molecule has 0 aliphatic carbocycles. The molecule has 22 heavy (non-hydrogen) atoms. The molecule has 2 atom stereocenters. The van der Waals surface area contributed by atoms with Crippen molar-refractivity contribution in [3.63, 3.8) is 0 Å². The van der Waals surface area contributed by atoms with E-state index in [9.17, 15) is 9.59 Å². The first kappa shape index (κ1) is 15.8. The number of aromatic nitrogens is 2. The molecule has 1 N–H and O–H groups in total. The average Bonchev–Trinajstić information content (AvgIpc) is 3.05. The number of ether oxygens (including phenoxy) is 1. The largest absolute Gasteiger partial charge is 0.469 e. The van der Waals surface area contributed by atoms with Crippen LogP contribution in [0.3, 0.4) is 0 Å². The van der Waals surface area contributed by atoms with E-state index < -0.39 is 12.0 Å². The van der Waals surface area contributed by atoms with Gasteiger partial charge < -0.3 is 14.6 Å². The highest BCUT2D eigenvalue weighted by Crippen LogP contribution is 2.23. The fraction of sp³-hybridized carbons (Fsp3) is 0.312. The topological polar surface area (TPSA) is 73.2 Å². The number of rotatable bonds is 6. The van der Waals surface area contributed by atoms with Gasteiger partial charge in [0.05, 0.1) is 25.4 Å². The first-order valence-electron chi connectivity index (χ1n) is 6.99. The lowest BCUT2D eigenvalue weighted by atomic mass is 9.94. The third kappa shape index (κ3) is 3.94. The number of esters is 1. The molecule has 0 spiro atoms. The Morgan fingerprint density at radius 1 is 1.32 bits per heavy atom. The van der Waals surface area contributed by atoms with E-state index in [2.05, 4.69) is 10.3 Å². The molecule has 1 aromatic heterocycles. The van der Waals surface area contributed by atoms with Crippen molar-refractivity contribution < 1.29 is 14.3 Å². The van der Waals surface area contributed by atoms with Crippen LogP contribution in [0.4, 0.5) is 0 Å². The smallest absolute Gasteiger partial charge is 0.310 e. The summed E-state index contributed by atoms with van der Waals surface area (Å²) in [6.07, 6.45) is 4.89. The number of amides is 1. The number of imidazole rings is 1. The molecule has 2 rings (SSSR count). The van der Waals surface area contributed by atoms with Gasteiger partial charge in [0.15, 0.2) is 0 Å². The minimum Gasteiger partial charge on any atom is -0.469 e. The summed E-state index contributed by atoms with van der Waals surface area (Å²) in [6.45, 7) is 1.89. The van der Waals surface area contributed by atoms with Crippen molar-refractivity contribution >= 4 is 11.9 Å². The summed E-state index contributed by atoms with van der Waals surface area (Å²) >= 11 is 0. The summed E-state index contributed by atoms with van der Waals surface area (Å²) in [5, 5.41) is 2.90. The summed E-state index contributed by atoms with van der Waals surface area (Å²) in [5.41, 5.74) is 0.861. The maximum atomic E-state index is 12.2. The summed E-state index contributed by atoms with van der Waals surface area (Å²) in [6, 6.07) is 8.94. The molecule has 1 amide bonds. The van der Waals surface area contributed by atoms with Gasteiger partial charge in [0.25, 0.3) is 0 Å². The van der Waals surface area contributed by atoms with Crippen LogP contribution in [-0.4, -0.2) is 28.5 Å². The normalized spacial score (nSPS) is 13.2. The Labute approximate surface area is 129 Å². The molecule has 0 aliphatic heterocycles. The summed E-state index contributed by atoms with van der Waals surface area (Å²) in [7, 11) is 1.34. The zero-order chi connectivity index (χ0) is 15.9. The highest BCUT2D eigenvalue weighted by molar-refractivity contribution is 5.78. The summed E-state index contributed by atoms with van der Waals surface area (Å²) < 4.78 is 6.46. The number of nitrogens with zero attached hydrogens (tertiary/aromatic N) is 2. The van der Waals surface area contributed by atoms with Gasteiger partial charge in [0, 0.05) is 12.4 Å². The predicted molar refractivity (Wildman–Crippen MR) is 80.7 cm³/mol. The van der Waals surface area contributed by atoms with E-state index in [1.54, 1.807) is 30.2 Å². The van der Waals surface area contributed by atoms with Crippen molar-refractivity contribution in [3.8, 4) is 0 Å². The number of methoxy groups -OCH3 is 1. The molecule has 1 aromatic carbocycles. The van der Waals surface area contributed by atoms with Crippen LogP contribution in [0.25, 0.3) is 0 Å². The van der Waals surface area contributed by atoms with E-state index in [1.807, 2.05) is 30.3 Å². The lowest BCUT2D eigenvalue weighted by Gasteiger charge is -2.24. The Kier molecular flexibility index (Phi) is 5.30. The molecule has 6 heteroatoms. The Hall–Kier alpha value is -2.63. The number of carbonyl (C=O) groups is 2. The third-order valence-corrected chi connectivity index (χ3v) is 3.43. The van der Waals surface area contributed by atoms with Crippen LogP contribution in [0.2, 0.25) is 0 Å². The molecule has 0 fully saturated rings. The van der Waals surface area contributed by atoms with E-state index in [4.69, 9.17) is 4.74 Å². The molecule has 0 bridgehead atoms. The van der Waals surface area contributed by atoms with Crippen molar-refractivity contribution in [1.29, 1.82) is 0 Å². The maximum absolute atomic E-state index is 12.2. The van der Waals surface area contributed by atoms with E-state index in [0.29, 0.717) is 0 Å². The number of nitrogens with one attached hydrogen (secondary N) is 1. The number of hydrogen-bond donors (Lipinski definition) is 1. The summed E-state index contributed by atoms with van der Waals surface area (Å²) in [5.74, 6) is -1.04. The van der Waals surface area contributed by atoms with Gasteiger partial charge in [-0.1, -0.05) is 30.3 Å². The van der Waals surface area contributed by atoms with Crippen LogP contribution >= 0.6 is 0 Å². The minimum absolute atomic E-state index is 0.150. The van der Waals surface area contributed by atoms with Crippen LogP contribution in [0, 0.1) is 5.92 Å². The average molecular weight is 301 g/mol. The molecule has 2 aromatic rings. The molecule has 0 radical (unpaired) electrons. The van der Waals surface area contributed by atoms with Crippen LogP contribution in [0.5, 0.6) is 0 Å². The van der Waals surface area contributed by atoms with Crippen LogP contribution in [0.15, 0.2) is 49.1 Å². The molecule has 6 nitrogen and oxygen atoms in total. The Morgan fingerprint density at radius 3 is 2.64 bits per heavy atom. The fourth-order valence-corrected chi connectivity index (χ4v) is 2.24. The van der Waals surface area contributed by atoms with Gasteiger partial charge in [-0.3, -0.25) is 9.59 Å². The van der Waals surface area contributed by atoms with Gasteiger partial charge in [0.1, 0.15) is 6.54 Å². The predicted octanol–water partition coefficient (Wildman–Crippen LogP) is 1.55. The Morgan fingerprint density at radius 2 is 2.05 bits per heavy atom. The van der Waals surface area contributed by atoms with Crippen molar-refractivity contribution in [2.24, 2.45) is 5.92 Å². The van der Waals surface area contributed by atoms with Crippen LogP contribution in [-0.2, 0) is 20.9 Å². The first-order chi connectivity index (χ1) is 10.6. The second kappa shape index (κ2) is 7.40. The molecule has 116 valence electrons. The highest BCUT2D eigenvalue weighted by atomic mass is 16.5. The van der Waals surface area contributed by atoms with Crippen LogP contribution in [0.1, 0.15) is 18.5 Å². The van der Waals surface area contributed by atoms with Gasteiger partial charge in [-0.15, -0.1) is 0 Å². The maximum Gasteiger partial charge on any atom is 0.310 e.